The molecule has 0 radical (unpaired) electrons. The SMILES string of the molecule is Cl.O=P(O)(O)O.O=P(O)(O)O.[NaH].[NaH].[NaH]. The van der Waals surface area contributed by atoms with Crippen molar-refractivity contribution in [2.24, 2.45) is 0 Å². The van der Waals surface area contributed by atoms with Crippen LogP contribution in [-0.2, 0) is 9.13 Å². The number of phosphoric acid groups is 2. The van der Waals surface area contributed by atoms with E-state index in [-0.39, 0.29) is 101 Å². The summed E-state index contributed by atoms with van der Waals surface area (Å²) in [6, 6.07) is 0. The molecule has 8 nitrogen and oxygen atoms in total. The van der Waals surface area contributed by atoms with Crippen molar-refractivity contribution in [3.05, 3.63) is 0 Å². The van der Waals surface area contributed by atoms with Crippen LogP contribution < -0.4 is 0 Å². The van der Waals surface area contributed by atoms with Crippen LogP contribution in [0.2, 0.25) is 0 Å². The summed E-state index contributed by atoms with van der Waals surface area (Å²) in [5.74, 6) is 0. The van der Waals surface area contributed by atoms with Crippen LogP contribution in [0.4, 0.5) is 0 Å². The summed E-state index contributed by atoms with van der Waals surface area (Å²) in [4.78, 5) is 43.1. The molecule has 0 saturated heterocycles. The predicted octanol–water partition coefficient (Wildman–Crippen LogP) is -3.38. The molecule has 6 N–H and O–H groups in total. The molecule has 78 valence electrons. The minimum atomic E-state index is -4.64. The normalized spacial score (nSPS) is 8.43. The van der Waals surface area contributed by atoms with Gasteiger partial charge in [-0.2, -0.15) is 0 Å². The molecule has 0 spiro atoms. The molecular formula is H10ClNa3O8P2. The number of rotatable bonds is 0. The van der Waals surface area contributed by atoms with Crippen LogP contribution in [0.1, 0.15) is 0 Å². The topological polar surface area (TPSA) is 156 Å². The molecule has 0 amide bonds. The van der Waals surface area contributed by atoms with Crippen LogP contribution >= 0.6 is 28.1 Å². The van der Waals surface area contributed by atoms with E-state index >= 15 is 0 Å². The first-order chi connectivity index (χ1) is 4.00. The molecule has 0 atom stereocenters. The molecule has 0 aromatic rings. The molecule has 0 rings (SSSR count). The van der Waals surface area contributed by atoms with Gasteiger partial charge < -0.3 is 29.4 Å². The average Bonchev–Trinajstić information content (AvgIpc) is 1.12. The molecule has 0 unspecified atom stereocenters. The standard InChI is InChI=1S/ClH.3Na.2H3O4P.3H/c;;;;2*1-5(2,3)4;;;/h1H;;;;2*(H3,1,2,3,4);;;. The average molecular weight is 304 g/mol. The van der Waals surface area contributed by atoms with Crippen LogP contribution in [0.3, 0.4) is 0 Å². The molecule has 0 aliphatic rings. The molecule has 0 saturated carbocycles. The van der Waals surface area contributed by atoms with Gasteiger partial charge in [-0.15, -0.1) is 12.4 Å². The zero-order valence-corrected chi connectivity index (χ0v) is 7.41. The van der Waals surface area contributed by atoms with Gasteiger partial charge in [0.25, 0.3) is 0 Å². The summed E-state index contributed by atoms with van der Waals surface area (Å²) in [5.41, 5.74) is 0. The fourth-order valence-electron chi connectivity index (χ4n) is 0. The summed E-state index contributed by atoms with van der Waals surface area (Å²) in [7, 11) is -9.28. The van der Waals surface area contributed by atoms with E-state index in [2.05, 4.69) is 0 Å². The summed E-state index contributed by atoms with van der Waals surface area (Å²) >= 11 is 0. The van der Waals surface area contributed by atoms with E-state index in [0.717, 1.165) is 0 Å². The molecule has 14 heteroatoms. The van der Waals surface area contributed by atoms with E-state index < -0.39 is 15.6 Å². The van der Waals surface area contributed by atoms with Crippen molar-refractivity contribution < 1.29 is 38.5 Å². The van der Waals surface area contributed by atoms with Crippen LogP contribution in [0.5, 0.6) is 0 Å². The molecular weight excluding hydrogens is 294 g/mol. The zero-order valence-electron chi connectivity index (χ0n) is 4.80. The van der Waals surface area contributed by atoms with Crippen molar-refractivity contribution in [2.45, 2.75) is 0 Å². The third-order valence-corrected chi connectivity index (χ3v) is 0. The van der Waals surface area contributed by atoms with Crippen LogP contribution in [-0.4, -0.2) is 118 Å². The summed E-state index contributed by atoms with van der Waals surface area (Å²) in [5, 5.41) is 0. The molecule has 0 aliphatic carbocycles. The summed E-state index contributed by atoms with van der Waals surface area (Å²) in [6.45, 7) is 0. The van der Waals surface area contributed by atoms with Crippen LogP contribution in [0, 0.1) is 0 Å². The van der Waals surface area contributed by atoms with Crippen molar-refractivity contribution in [3.63, 3.8) is 0 Å². The van der Waals surface area contributed by atoms with Gasteiger partial charge >= 0.3 is 104 Å². The number of hydrogen-bond acceptors (Lipinski definition) is 2. The monoisotopic (exact) mass is 304 g/mol. The van der Waals surface area contributed by atoms with E-state index in [1.165, 1.54) is 0 Å². The Morgan fingerprint density at radius 2 is 0.571 bits per heavy atom. The van der Waals surface area contributed by atoms with Gasteiger partial charge in [-0.3, -0.25) is 0 Å². The second-order valence-electron chi connectivity index (χ2n) is 1.03. The van der Waals surface area contributed by atoms with Crippen molar-refractivity contribution in [1.82, 2.24) is 0 Å². The molecule has 0 aromatic heterocycles. The third kappa shape index (κ3) is 265. The second-order valence-corrected chi connectivity index (χ2v) is 3.08. The maximum absolute atomic E-state index is 8.88. The van der Waals surface area contributed by atoms with Crippen molar-refractivity contribution >= 4 is 117 Å². The zero-order chi connectivity index (χ0) is 9.00. The van der Waals surface area contributed by atoms with Gasteiger partial charge in [0.15, 0.2) is 0 Å². The van der Waals surface area contributed by atoms with Gasteiger partial charge in [0, 0.05) is 0 Å². The fraction of sp³-hybridized carbons (Fsp3) is 0. The third-order valence-electron chi connectivity index (χ3n) is 0. The van der Waals surface area contributed by atoms with Crippen molar-refractivity contribution in [3.8, 4) is 0 Å². The Labute approximate surface area is 153 Å². The Hall–Kier alpha value is 3.51. The second kappa shape index (κ2) is 16.5. The Morgan fingerprint density at radius 3 is 0.571 bits per heavy atom. The van der Waals surface area contributed by atoms with E-state index in [1.54, 1.807) is 0 Å². The van der Waals surface area contributed by atoms with E-state index in [9.17, 15) is 0 Å². The molecule has 0 bridgehead atoms. The quantitative estimate of drug-likeness (QED) is 0.200. The van der Waals surface area contributed by atoms with Gasteiger partial charge in [0.2, 0.25) is 0 Å². The van der Waals surface area contributed by atoms with Gasteiger partial charge in [-0.1, -0.05) is 0 Å². The first-order valence-electron chi connectivity index (χ1n) is 1.57. The molecule has 0 aliphatic heterocycles. The number of hydrogen-bond donors (Lipinski definition) is 6. The van der Waals surface area contributed by atoms with Gasteiger partial charge in [0.1, 0.15) is 0 Å². The van der Waals surface area contributed by atoms with Gasteiger partial charge in [-0.25, -0.2) is 9.13 Å². The minimum absolute atomic E-state index is 0. The van der Waals surface area contributed by atoms with E-state index in [1.807, 2.05) is 0 Å². The van der Waals surface area contributed by atoms with E-state index in [4.69, 9.17) is 38.5 Å². The summed E-state index contributed by atoms with van der Waals surface area (Å²) < 4.78 is 17.8. The van der Waals surface area contributed by atoms with Crippen molar-refractivity contribution in [1.29, 1.82) is 0 Å². The van der Waals surface area contributed by atoms with Gasteiger partial charge in [0.05, 0.1) is 0 Å². The summed E-state index contributed by atoms with van der Waals surface area (Å²) in [6.07, 6.45) is 0. The molecule has 0 aromatic carbocycles. The number of halogens is 1. The van der Waals surface area contributed by atoms with Gasteiger partial charge in [-0.05, 0) is 0 Å². The maximum atomic E-state index is 8.88. The predicted molar refractivity (Wildman–Crippen MR) is 57.2 cm³/mol. The molecule has 0 fully saturated rings. The first-order valence-corrected chi connectivity index (χ1v) is 4.70. The van der Waals surface area contributed by atoms with Crippen LogP contribution in [0.15, 0.2) is 0 Å². The van der Waals surface area contributed by atoms with Crippen LogP contribution in [0.25, 0.3) is 0 Å². The Bertz CT molecular complexity index is 135. The Morgan fingerprint density at radius 1 is 0.571 bits per heavy atom. The molecule has 0 heterocycles. The fourth-order valence-corrected chi connectivity index (χ4v) is 0. The first kappa shape index (κ1) is 36.0. The Kier molecular flexibility index (Phi) is 42.5. The van der Waals surface area contributed by atoms with E-state index in [0.29, 0.717) is 0 Å². The molecule has 14 heavy (non-hydrogen) atoms. The Balaban J connectivity index is -0.0000000178. The van der Waals surface area contributed by atoms with Crippen molar-refractivity contribution in [2.75, 3.05) is 0 Å².